The van der Waals surface area contributed by atoms with Crippen LogP contribution in [-0.4, -0.2) is 77.1 Å². The van der Waals surface area contributed by atoms with Crippen molar-refractivity contribution in [2.75, 3.05) is 39.5 Å². The number of amides is 2. The number of para-hydroxylation sites is 2. The predicted octanol–water partition coefficient (Wildman–Crippen LogP) is 5.77. The molecule has 3 aliphatic rings. The van der Waals surface area contributed by atoms with Crippen molar-refractivity contribution in [2.24, 2.45) is 5.41 Å². The van der Waals surface area contributed by atoms with Crippen LogP contribution in [0.3, 0.4) is 0 Å². The number of ether oxygens (including phenoxy) is 2. The lowest BCUT2D eigenvalue weighted by molar-refractivity contribution is -0.134. The first kappa shape index (κ1) is 28.7. The number of rotatable bonds is 5. The molecule has 1 N–H and O–H groups in total. The highest BCUT2D eigenvalue weighted by molar-refractivity contribution is 5.95. The average molecular weight is 573 g/mol. The number of H-pyrrole nitrogens is 1. The van der Waals surface area contributed by atoms with Crippen molar-refractivity contribution in [1.82, 2.24) is 19.8 Å². The molecule has 2 saturated heterocycles. The molecular formula is C34H44N4O4. The van der Waals surface area contributed by atoms with E-state index in [1.165, 1.54) is 0 Å². The fraction of sp³-hybridized carbons (Fsp3) is 0.559. The molecule has 1 atom stereocenters. The predicted molar refractivity (Wildman–Crippen MR) is 163 cm³/mol. The van der Waals surface area contributed by atoms with E-state index in [-0.39, 0.29) is 23.3 Å². The molecule has 42 heavy (non-hydrogen) atoms. The fourth-order valence-electron chi connectivity index (χ4n) is 6.87. The molecule has 2 aromatic carbocycles. The summed E-state index contributed by atoms with van der Waals surface area (Å²) in [6.45, 7) is 4.29. The molecule has 0 aliphatic carbocycles. The van der Waals surface area contributed by atoms with Gasteiger partial charge >= 0.3 is 0 Å². The summed E-state index contributed by atoms with van der Waals surface area (Å²) in [6.07, 6.45) is 10.3. The molecule has 0 radical (unpaired) electrons. The molecule has 1 aromatic heterocycles. The van der Waals surface area contributed by atoms with Crippen LogP contribution in [0.1, 0.15) is 80.4 Å². The van der Waals surface area contributed by atoms with E-state index in [0.29, 0.717) is 25.2 Å². The number of carbonyl (C=O) groups is 2. The van der Waals surface area contributed by atoms with E-state index in [9.17, 15) is 9.59 Å². The second-order valence-electron chi connectivity index (χ2n) is 12.4. The van der Waals surface area contributed by atoms with Crippen molar-refractivity contribution < 1.29 is 19.1 Å². The minimum atomic E-state index is 0.0261. The number of carbonyl (C=O) groups excluding carboxylic acids is 2. The second kappa shape index (κ2) is 13.3. The van der Waals surface area contributed by atoms with Crippen molar-refractivity contribution in [3.63, 3.8) is 0 Å². The van der Waals surface area contributed by atoms with Crippen LogP contribution in [0, 0.1) is 5.41 Å². The molecule has 1 spiro atoms. The van der Waals surface area contributed by atoms with Gasteiger partial charge in [-0.2, -0.15) is 0 Å². The highest BCUT2D eigenvalue weighted by Crippen LogP contribution is 2.38. The summed E-state index contributed by atoms with van der Waals surface area (Å²) in [5.74, 6) is 2.08. The Bertz CT molecular complexity index is 1330. The highest BCUT2D eigenvalue weighted by atomic mass is 16.5. The van der Waals surface area contributed by atoms with Gasteiger partial charge in [0.25, 0.3) is 5.91 Å². The summed E-state index contributed by atoms with van der Waals surface area (Å²) in [5, 5.41) is 0. The molecular weight excluding hydrogens is 528 g/mol. The zero-order valence-electron chi connectivity index (χ0n) is 24.7. The quantitative estimate of drug-likeness (QED) is 0.393. The number of hydrogen-bond acceptors (Lipinski definition) is 5. The van der Waals surface area contributed by atoms with Gasteiger partial charge in [0.2, 0.25) is 5.91 Å². The van der Waals surface area contributed by atoms with Crippen LogP contribution in [0.2, 0.25) is 0 Å². The molecule has 2 bridgehead atoms. The van der Waals surface area contributed by atoms with Crippen LogP contribution in [-0.2, 0) is 16.0 Å². The molecule has 224 valence electrons. The van der Waals surface area contributed by atoms with E-state index in [4.69, 9.17) is 9.47 Å². The highest BCUT2D eigenvalue weighted by Gasteiger charge is 2.37. The van der Waals surface area contributed by atoms with Gasteiger partial charge in [0.15, 0.2) is 0 Å². The number of benzene rings is 2. The van der Waals surface area contributed by atoms with Crippen LogP contribution in [0.5, 0.6) is 5.75 Å². The molecule has 8 nitrogen and oxygen atoms in total. The van der Waals surface area contributed by atoms with Crippen LogP contribution in [0.4, 0.5) is 0 Å². The molecule has 2 amide bonds. The smallest absolute Gasteiger partial charge is 0.254 e. The van der Waals surface area contributed by atoms with Gasteiger partial charge in [-0.3, -0.25) is 9.59 Å². The summed E-state index contributed by atoms with van der Waals surface area (Å²) in [4.78, 5) is 38.5. The number of fused-ring (bicyclic) bond motifs is 4. The van der Waals surface area contributed by atoms with Gasteiger partial charge in [-0.05, 0) is 81.7 Å². The van der Waals surface area contributed by atoms with E-state index in [1.807, 2.05) is 53.4 Å². The van der Waals surface area contributed by atoms with E-state index in [2.05, 4.69) is 14.9 Å². The van der Waals surface area contributed by atoms with E-state index < -0.39 is 0 Å². The maximum absolute atomic E-state index is 13.3. The van der Waals surface area contributed by atoms with Crippen LogP contribution in [0.25, 0.3) is 11.0 Å². The number of nitrogens with zero attached hydrogens (tertiary/aromatic N) is 3. The Hall–Kier alpha value is -3.39. The number of likely N-dealkylation sites (tertiary alicyclic amines) is 1. The molecule has 3 aromatic rings. The number of aromatic amines is 1. The van der Waals surface area contributed by atoms with Crippen molar-refractivity contribution in [2.45, 2.75) is 76.7 Å². The van der Waals surface area contributed by atoms with E-state index >= 15 is 0 Å². The maximum atomic E-state index is 13.3. The Morgan fingerprint density at radius 1 is 1.00 bits per heavy atom. The van der Waals surface area contributed by atoms with Crippen LogP contribution >= 0.6 is 0 Å². The Kier molecular flexibility index (Phi) is 9.08. The van der Waals surface area contributed by atoms with Crippen LogP contribution in [0.15, 0.2) is 48.5 Å². The van der Waals surface area contributed by atoms with Gasteiger partial charge < -0.3 is 24.3 Å². The number of unbranched alkanes of at least 4 members (excludes halogenated alkanes) is 1. The summed E-state index contributed by atoms with van der Waals surface area (Å²) in [5.41, 5.74) is 2.77. The molecule has 6 rings (SSSR count). The van der Waals surface area contributed by atoms with Crippen molar-refractivity contribution in [1.29, 1.82) is 0 Å². The van der Waals surface area contributed by atoms with Gasteiger partial charge in [0, 0.05) is 50.1 Å². The lowest BCUT2D eigenvalue weighted by atomic mass is 9.75. The van der Waals surface area contributed by atoms with Gasteiger partial charge in [-0.1, -0.05) is 24.6 Å². The minimum absolute atomic E-state index is 0.0261. The number of aromatic nitrogens is 2. The monoisotopic (exact) mass is 572 g/mol. The number of piperidine rings is 1. The summed E-state index contributed by atoms with van der Waals surface area (Å²) < 4.78 is 12.5. The largest absolute Gasteiger partial charge is 0.493 e. The summed E-state index contributed by atoms with van der Waals surface area (Å²) in [7, 11) is 0. The summed E-state index contributed by atoms with van der Waals surface area (Å²) >= 11 is 0. The van der Waals surface area contributed by atoms with E-state index in [0.717, 1.165) is 113 Å². The first-order valence-electron chi connectivity index (χ1n) is 15.9. The van der Waals surface area contributed by atoms with Crippen molar-refractivity contribution in [3.05, 3.63) is 59.9 Å². The first-order chi connectivity index (χ1) is 20.6. The number of nitrogens with one attached hydrogen (secondary N) is 1. The van der Waals surface area contributed by atoms with Crippen molar-refractivity contribution >= 4 is 22.8 Å². The Morgan fingerprint density at radius 2 is 1.88 bits per heavy atom. The third-order valence-corrected chi connectivity index (χ3v) is 9.49. The van der Waals surface area contributed by atoms with Gasteiger partial charge in [-0.15, -0.1) is 0 Å². The molecule has 8 heteroatoms. The molecule has 0 saturated carbocycles. The number of imidazole rings is 1. The molecule has 0 unspecified atom stereocenters. The minimum Gasteiger partial charge on any atom is -0.493 e. The normalized spacial score (nSPS) is 21.5. The number of aryl methyl sites for hydroxylation is 1. The molecule has 2 fully saturated rings. The first-order valence-corrected chi connectivity index (χ1v) is 15.9. The van der Waals surface area contributed by atoms with Gasteiger partial charge in [0.05, 0.1) is 30.3 Å². The fourth-order valence-corrected chi connectivity index (χ4v) is 6.87. The zero-order valence-corrected chi connectivity index (χ0v) is 24.7. The standard InChI is InChI=1S/C34H44N4O4/c39-32(15-4-3-14-31-35-29-12-1-2-13-30(29)36-31)37-20-17-34(18-21-37)16-5-6-22-41-24-27-10-8-19-38(27)33(40)26-9-7-11-28(23-26)42-25-34/h1-2,7,9,11-13,23,27H,3-6,8,10,14-22,24-25H2,(H,35,36)/t27-/m0/s1. The third-order valence-electron chi connectivity index (χ3n) is 9.49. The molecule has 4 heterocycles. The average Bonchev–Trinajstić information content (AvgIpc) is 3.66. The van der Waals surface area contributed by atoms with Crippen LogP contribution < -0.4 is 4.74 Å². The molecule has 3 aliphatic heterocycles. The Morgan fingerprint density at radius 3 is 2.76 bits per heavy atom. The zero-order chi connectivity index (χ0) is 28.8. The third kappa shape index (κ3) is 6.80. The Balaban J connectivity index is 1.02. The topological polar surface area (TPSA) is 87.8 Å². The van der Waals surface area contributed by atoms with E-state index in [1.54, 1.807) is 0 Å². The number of hydrogen-bond donors (Lipinski definition) is 1. The van der Waals surface area contributed by atoms with Gasteiger partial charge in [0.1, 0.15) is 11.6 Å². The van der Waals surface area contributed by atoms with Crippen molar-refractivity contribution in [3.8, 4) is 5.75 Å². The lowest BCUT2D eigenvalue weighted by Gasteiger charge is -2.42. The SMILES string of the molecule is O=C(CCCCc1nc2ccccc2[nH]1)N1CCC2(CCCCOC[C@@H]3CCCN3C(=O)c3cccc(c3)OC2)CC1. The lowest BCUT2D eigenvalue weighted by Crippen LogP contribution is -2.45. The summed E-state index contributed by atoms with van der Waals surface area (Å²) in [6, 6.07) is 15.9. The van der Waals surface area contributed by atoms with Gasteiger partial charge in [-0.25, -0.2) is 4.98 Å². The second-order valence-corrected chi connectivity index (χ2v) is 12.4. The maximum Gasteiger partial charge on any atom is 0.254 e. The Labute approximate surface area is 248 Å².